The van der Waals surface area contributed by atoms with Crippen molar-refractivity contribution < 1.29 is 18.0 Å². The van der Waals surface area contributed by atoms with Gasteiger partial charge < -0.3 is 16.0 Å². The van der Waals surface area contributed by atoms with Crippen molar-refractivity contribution in [2.24, 2.45) is 0 Å². The molecule has 0 saturated carbocycles. The van der Waals surface area contributed by atoms with Gasteiger partial charge in [-0.05, 0) is 37.5 Å². The fraction of sp³-hybridized carbons (Fsp3) is 0.529. The Bertz CT molecular complexity index is 827. The molecule has 9 heteroatoms. The predicted molar refractivity (Wildman–Crippen MR) is 100 cm³/mol. The minimum Gasteiger partial charge on any atom is -0.332 e. The fourth-order valence-corrected chi connectivity index (χ4v) is 5.98. The Hall–Kier alpha value is -1.80. The summed E-state index contributed by atoms with van der Waals surface area (Å²) >= 11 is 6.03. The zero-order valence-electron chi connectivity index (χ0n) is 14.4. The maximum Gasteiger partial charge on any atom is 0.315 e. The average Bonchev–Trinajstić information content (AvgIpc) is 2.99. The molecule has 1 aromatic rings. The summed E-state index contributed by atoms with van der Waals surface area (Å²) in [6.07, 6.45) is 1.92. The second-order valence-electron chi connectivity index (χ2n) is 6.88. The Morgan fingerprint density at radius 1 is 1.31 bits per heavy atom. The van der Waals surface area contributed by atoms with Gasteiger partial charge in [0.25, 0.3) is 0 Å². The first-order chi connectivity index (χ1) is 12.3. The third-order valence-electron chi connectivity index (χ3n) is 4.92. The van der Waals surface area contributed by atoms with Crippen molar-refractivity contribution >= 4 is 39.1 Å². The number of carbonyl (C=O) groups excluding carboxylic acids is 2. The number of amides is 3. The van der Waals surface area contributed by atoms with E-state index < -0.39 is 15.1 Å². The standard InChI is InChI=1S/C17H22ClN3O4S/c1-10-6-7-11(8-12(10)18)19-15(22)5-3-2-4-14-16-13(9-26(14,24)25)20-17(23)21-16/h6-8,13-14,16H,2-5,9H2,1H3,(H,19,22)(H2,20,21,23). The number of urea groups is 1. The van der Waals surface area contributed by atoms with Crippen molar-refractivity contribution in [1.29, 1.82) is 0 Å². The Kier molecular flexibility index (Phi) is 5.43. The summed E-state index contributed by atoms with van der Waals surface area (Å²) in [5, 5.41) is 8.14. The Morgan fingerprint density at radius 2 is 2.08 bits per heavy atom. The van der Waals surface area contributed by atoms with E-state index in [0.717, 1.165) is 5.56 Å². The molecule has 0 aliphatic carbocycles. The highest BCUT2D eigenvalue weighted by Crippen LogP contribution is 2.28. The van der Waals surface area contributed by atoms with Crippen LogP contribution in [0.15, 0.2) is 18.2 Å². The van der Waals surface area contributed by atoms with Gasteiger partial charge >= 0.3 is 6.03 Å². The third kappa shape index (κ3) is 4.12. The molecule has 2 heterocycles. The van der Waals surface area contributed by atoms with Crippen molar-refractivity contribution in [2.45, 2.75) is 49.9 Å². The minimum atomic E-state index is -3.22. The van der Waals surface area contributed by atoms with E-state index in [4.69, 9.17) is 11.6 Å². The van der Waals surface area contributed by atoms with Gasteiger partial charge in [-0.3, -0.25) is 4.79 Å². The monoisotopic (exact) mass is 399 g/mol. The second-order valence-corrected chi connectivity index (χ2v) is 9.55. The van der Waals surface area contributed by atoms with E-state index in [2.05, 4.69) is 16.0 Å². The molecule has 7 nitrogen and oxygen atoms in total. The van der Waals surface area contributed by atoms with E-state index >= 15 is 0 Å². The van der Waals surface area contributed by atoms with Gasteiger partial charge in [0.05, 0.1) is 23.1 Å². The average molecular weight is 400 g/mol. The van der Waals surface area contributed by atoms with Crippen molar-refractivity contribution in [3.63, 3.8) is 0 Å². The first kappa shape index (κ1) is 19.0. The van der Waals surface area contributed by atoms with Gasteiger partial charge in [0, 0.05) is 17.1 Å². The molecule has 0 radical (unpaired) electrons. The molecule has 3 atom stereocenters. The fourth-order valence-electron chi connectivity index (χ4n) is 3.53. The highest BCUT2D eigenvalue weighted by molar-refractivity contribution is 7.92. The van der Waals surface area contributed by atoms with Crippen LogP contribution in [0.1, 0.15) is 31.2 Å². The van der Waals surface area contributed by atoms with Gasteiger partial charge in [-0.15, -0.1) is 0 Å². The summed E-state index contributed by atoms with van der Waals surface area (Å²) < 4.78 is 24.5. The van der Waals surface area contributed by atoms with Crippen LogP contribution in [0.4, 0.5) is 10.5 Å². The van der Waals surface area contributed by atoms with Crippen LogP contribution in [0.25, 0.3) is 0 Å². The van der Waals surface area contributed by atoms with Gasteiger partial charge in [0.2, 0.25) is 5.91 Å². The number of unbranched alkanes of at least 4 members (excludes halogenated alkanes) is 1. The van der Waals surface area contributed by atoms with Crippen molar-refractivity contribution in [1.82, 2.24) is 10.6 Å². The molecule has 0 aromatic heterocycles. The van der Waals surface area contributed by atoms with Gasteiger partial charge in [-0.1, -0.05) is 24.1 Å². The molecule has 142 valence electrons. The molecule has 3 amide bonds. The van der Waals surface area contributed by atoms with Crippen LogP contribution < -0.4 is 16.0 Å². The zero-order valence-corrected chi connectivity index (χ0v) is 16.0. The van der Waals surface area contributed by atoms with E-state index in [9.17, 15) is 18.0 Å². The normalized spacial score (nSPS) is 26.1. The van der Waals surface area contributed by atoms with Crippen LogP contribution in [0.5, 0.6) is 0 Å². The van der Waals surface area contributed by atoms with Crippen LogP contribution in [-0.4, -0.2) is 43.4 Å². The van der Waals surface area contributed by atoms with Crippen molar-refractivity contribution in [3.05, 3.63) is 28.8 Å². The number of rotatable bonds is 6. The lowest BCUT2D eigenvalue weighted by atomic mass is 10.0. The van der Waals surface area contributed by atoms with E-state index in [-0.39, 0.29) is 29.8 Å². The molecule has 2 aliphatic rings. The molecule has 2 saturated heterocycles. The number of benzene rings is 1. The number of aryl methyl sites for hydroxylation is 1. The molecule has 3 rings (SSSR count). The summed E-state index contributed by atoms with van der Waals surface area (Å²) in [7, 11) is -3.22. The first-order valence-electron chi connectivity index (χ1n) is 8.61. The molecular formula is C17H22ClN3O4S. The first-order valence-corrected chi connectivity index (χ1v) is 10.7. The van der Waals surface area contributed by atoms with Crippen molar-refractivity contribution in [3.8, 4) is 0 Å². The summed E-state index contributed by atoms with van der Waals surface area (Å²) in [4.78, 5) is 23.4. The van der Waals surface area contributed by atoms with Crippen LogP contribution in [0, 0.1) is 6.92 Å². The largest absolute Gasteiger partial charge is 0.332 e. The van der Waals surface area contributed by atoms with Gasteiger partial charge in [0.1, 0.15) is 0 Å². The number of fused-ring (bicyclic) bond motifs is 1. The summed E-state index contributed by atoms with van der Waals surface area (Å²) in [6, 6.07) is 4.32. The van der Waals surface area contributed by atoms with E-state index in [0.29, 0.717) is 36.4 Å². The molecule has 26 heavy (non-hydrogen) atoms. The Labute approximate surface area is 157 Å². The molecule has 3 unspecified atom stereocenters. The summed E-state index contributed by atoms with van der Waals surface area (Å²) in [5.41, 5.74) is 1.58. The topological polar surface area (TPSA) is 104 Å². The summed E-state index contributed by atoms with van der Waals surface area (Å²) in [6.45, 7) is 1.89. The third-order valence-corrected chi connectivity index (χ3v) is 7.60. The lowest BCUT2D eigenvalue weighted by molar-refractivity contribution is -0.116. The van der Waals surface area contributed by atoms with Crippen molar-refractivity contribution in [2.75, 3.05) is 11.1 Å². The minimum absolute atomic E-state index is 0.0181. The Balaban J connectivity index is 1.45. The molecule has 0 spiro atoms. The van der Waals surface area contributed by atoms with Crippen LogP contribution in [-0.2, 0) is 14.6 Å². The molecule has 2 aliphatic heterocycles. The molecule has 0 bridgehead atoms. The highest BCUT2D eigenvalue weighted by atomic mass is 35.5. The lowest BCUT2D eigenvalue weighted by Gasteiger charge is -2.16. The number of hydrogen-bond donors (Lipinski definition) is 3. The molecule has 1 aromatic carbocycles. The number of carbonyl (C=O) groups is 2. The SMILES string of the molecule is Cc1ccc(NC(=O)CCCCC2C3NC(=O)NC3CS2(=O)=O)cc1Cl. The number of anilines is 1. The predicted octanol–water partition coefficient (Wildman–Crippen LogP) is 1.99. The maximum absolute atomic E-state index is 12.2. The molecular weight excluding hydrogens is 378 g/mol. The van der Waals surface area contributed by atoms with Crippen LogP contribution >= 0.6 is 11.6 Å². The number of nitrogens with one attached hydrogen (secondary N) is 3. The van der Waals surface area contributed by atoms with Crippen LogP contribution in [0.2, 0.25) is 5.02 Å². The Morgan fingerprint density at radius 3 is 2.81 bits per heavy atom. The van der Waals surface area contributed by atoms with E-state index in [1.165, 1.54) is 0 Å². The smallest absolute Gasteiger partial charge is 0.315 e. The number of halogens is 1. The van der Waals surface area contributed by atoms with E-state index in [1.807, 2.05) is 13.0 Å². The highest BCUT2D eigenvalue weighted by Gasteiger charge is 2.51. The quantitative estimate of drug-likeness (QED) is 0.502. The van der Waals surface area contributed by atoms with Gasteiger partial charge in [0.15, 0.2) is 9.84 Å². The van der Waals surface area contributed by atoms with Gasteiger partial charge in [-0.2, -0.15) is 0 Å². The molecule has 2 fully saturated rings. The maximum atomic E-state index is 12.2. The van der Waals surface area contributed by atoms with Gasteiger partial charge in [-0.25, -0.2) is 13.2 Å². The van der Waals surface area contributed by atoms with E-state index in [1.54, 1.807) is 12.1 Å². The number of hydrogen-bond acceptors (Lipinski definition) is 4. The summed E-state index contributed by atoms with van der Waals surface area (Å²) in [5.74, 6) is -0.150. The second kappa shape index (κ2) is 7.44. The van der Waals surface area contributed by atoms with Crippen LogP contribution in [0.3, 0.4) is 0 Å². The zero-order chi connectivity index (χ0) is 18.9. The number of sulfone groups is 1. The molecule has 3 N–H and O–H groups in total. The lowest BCUT2D eigenvalue weighted by Crippen LogP contribution is -2.39.